The van der Waals surface area contributed by atoms with Crippen LogP contribution >= 0.6 is 0 Å². The molecule has 0 saturated carbocycles. The first kappa shape index (κ1) is 20.2. The Balaban J connectivity index is 1.79. The van der Waals surface area contributed by atoms with E-state index in [9.17, 15) is 9.59 Å². The topological polar surface area (TPSA) is 64.6 Å². The summed E-state index contributed by atoms with van der Waals surface area (Å²) in [5.41, 5.74) is 3.05. The first-order valence-electron chi connectivity index (χ1n) is 8.89. The molecular weight excluding hydrogens is 342 g/mol. The SMILES string of the molecule is CCc1ccc(C(C)NC(=O)COC(=O)/C=C/c2cccc(OC)c2)cc1. The second kappa shape index (κ2) is 10.2. The van der Waals surface area contributed by atoms with Crippen LogP contribution in [0.3, 0.4) is 0 Å². The molecule has 27 heavy (non-hydrogen) atoms. The van der Waals surface area contributed by atoms with Crippen molar-refractivity contribution in [1.82, 2.24) is 5.32 Å². The van der Waals surface area contributed by atoms with Gasteiger partial charge in [0, 0.05) is 6.08 Å². The third-order valence-electron chi connectivity index (χ3n) is 4.12. The Morgan fingerprint density at radius 2 is 1.89 bits per heavy atom. The number of hydrogen-bond acceptors (Lipinski definition) is 4. The fraction of sp³-hybridized carbons (Fsp3) is 0.273. The molecular formula is C22H25NO4. The number of methoxy groups -OCH3 is 1. The van der Waals surface area contributed by atoms with Crippen LogP contribution in [0.15, 0.2) is 54.6 Å². The zero-order valence-electron chi connectivity index (χ0n) is 15.9. The molecule has 1 amide bonds. The maximum atomic E-state index is 12.0. The van der Waals surface area contributed by atoms with Crippen molar-refractivity contribution < 1.29 is 19.1 Å². The van der Waals surface area contributed by atoms with Crippen LogP contribution in [0, 0.1) is 0 Å². The number of benzene rings is 2. The van der Waals surface area contributed by atoms with Crippen LogP contribution < -0.4 is 10.1 Å². The van der Waals surface area contributed by atoms with E-state index in [-0.39, 0.29) is 18.6 Å². The van der Waals surface area contributed by atoms with E-state index in [0.717, 1.165) is 17.5 Å². The smallest absolute Gasteiger partial charge is 0.331 e. The fourth-order valence-corrected chi connectivity index (χ4v) is 2.50. The van der Waals surface area contributed by atoms with Crippen LogP contribution in [0.1, 0.15) is 36.6 Å². The van der Waals surface area contributed by atoms with Crippen LogP contribution in [0.4, 0.5) is 0 Å². The van der Waals surface area contributed by atoms with E-state index in [1.165, 1.54) is 11.6 Å². The number of amides is 1. The second-order valence-electron chi connectivity index (χ2n) is 6.10. The van der Waals surface area contributed by atoms with E-state index in [1.807, 2.05) is 49.4 Å². The van der Waals surface area contributed by atoms with Crippen LogP contribution in [0.25, 0.3) is 6.08 Å². The molecule has 0 aromatic heterocycles. The van der Waals surface area contributed by atoms with Gasteiger partial charge in [-0.25, -0.2) is 4.79 Å². The third kappa shape index (κ3) is 6.62. The molecule has 0 heterocycles. The van der Waals surface area contributed by atoms with Gasteiger partial charge in [0.2, 0.25) is 0 Å². The molecule has 1 atom stereocenters. The van der Waals surface area contributed by atoms with E-state index < -0.39 is 5.97 Å². The molecule has 0 spiro atoms. The van der Waals surface area contributed by atoms with Gasteiger partial charge in [-0.3, -0.25) is 4.79 Å². The molecule has 142 valence electrons. The molecule has 1 unspecified atom stereocenters. The minimum Gasteiger partial charge on any atom is -0.497 e. The zero-order valence-corrected chi connectivity index (χ0v) is 15.9. The summed E-state index contributed by atoms with van der Waals surface area (Å²) < 4.78 is 10.1. The highest BCUT2D eigenvalue weighted by Gasteiger charge is 2.11. The van der Waals surface area contributed by atoms with Gasteiger partial charge in [0.05, 0.1) is 13.2 Å². The number of hydrogen-bond donors (Lipinski definition) is 1. The number of carbonyl (C=O) groups excluding carboxylic acids is 2. The maximum absolute atomic E-state index is 12.0. The first-order chi connectivity index (χ1) is 13.0. The number of aryl methyl sites for hydroxylation is 1. The van der Waals surface area contributed by atoms with E-state index in [1.54, 1.807) is 19.3 Å². The van der Waals surface area contributed by atoms with Gasteiger partial charge < -0.3 is 14.8 Å². The highest BCUT2D eigenvalue weighted by Crippen LogP contribution is 2.14. The minimum absolute atomic E-state index is 0.158. The Hall–Kier alpha value is -3.08. The molecule has 2 rings (SSSR count). The molecule has 2 aromatic carbocycles. The second-order valence-corrected chi connectivity index (χ2v) is 6.10. The average molecular weight is 367 g/mol. The van der Waals surface area contributed by atoms with Crippen molar-refractivity contribution >= 4 is 18.0 Å². The van der Waals surface area contributed by atoms with Crippen molar-refractivity contribution in [2.24, 2.45) is 0 Å². The predicted octanol–water partition coefficient (Wildman–Crippen LogP) is 3.69. The number of esters is 1. The zero-order chi connectivity index (χ0) is 19.6. The van der Waals surface area contributed by atoms with Gasteiger partial charge in [0.1, 0.15) is 5.75 Å². The molecule has 0 aliphatic heterocycles. The molecule has 0 bridgehead atoms. The Morgan fingerprint density at radius 1 is 1.15 bits per heavy atom. The van der Waals surface area contributed by atoms with Crippen LogP contribution in [0.5, 0.6) is 5.75 Å². The van der Waals surface area contributed by atoms with E-state index in [0.29, 0.717) is 5.75 Å². The highest BCUT2D eigenvalue weighted by atomic mass is 16.5. The van der Waals surface area contributed by atoms with Crippen LogP contribution in [-0.2, 0) is 20.7 Å². The number of ether oxygens (including phenoxy) is 2. The van der Waals surface area contributed by atoms with Gasteiger partial charge in [-0.15, -0.1) is 0 Å². The maximum Gasteiger partial charge on any atom is 0.331 e. The van der Waals surface area contributed by atoms with Crippen LogP contribution in [-0.4, -0.2) is 25.6 Å². The molecule has 0 fully saturated rings. The fourth-order valence-electron chi connectivity index (χ4n) is 2.50. The van der Waals surface area contributed by atoms with E-state index >= 15 is 0 Å². The summed E-state index contributed by atoms with van der Waals surface area (Å²) >= 11 is 0. The Labute approximate surface area is 160 Å². The molecule has 5 nitrogen and oxygen atoms in total. The van der Waals surface area contributed by atoms with Crippen molar-refractivity contribution in [3.05, 3.63) is 71.3 Å². The van der Waals surface area contributed by atoms with Gasteiger partial charge in [-0.05, 0) is 48.2 Å². The van der Waals surface area contributed by atoms with Crippen molar-refractivity contribution in [3.63, 3.8) is 0 Å². The summed E-state index contributed by atoms with van der Waals surface area (Å²) in [7, 11) is 1.58. The molecule has 0 aliphatic carbocycles. The van der Waals surface area contributed by atoms with Crippen molar-refractivity contribution in [2.45, 2.75) is 26.3 Å². The van der Waals surface area contributed by atoms with E-state index in [2.05, 4.69) is 12.2 Å². The van der Waals surface area contributed by atoms with Gasteiger partial charge >= 0.3 is 5.97 Å². The molecule has 5 heteroatoms. The lowest BCUT2D eigenvalue weighted by Gasteiger charge is -2.14. The highest BCUT2D eigenvalue weighted by molar-refractivity contribution is 5.89. The summed E-state index contributed by atoms with van der Waals surface area (Å²) in [6.45, 7) is 3.67. The summed E-state index contributed by atoms with van der Waals surface area (Å²) in [4.78, 5) is 23.8. The standard InChI is InChI=1S/C22H25NO4/c1-4-17-8-11-19(12-9-17)16(2)23-21(24)15-27-22(25)13-10-18-6-5-7-20(14-18)26-3/h5-14,16H,4,15H2,1-3H3,(H,23,24)/b13-10+. The van der Waals surface area contributed by atoms with Gasteiger partial charge in [0.25, 0.3) is 5.91 Å². The summed E-state index contributed by atoms with van der Waals surface area (Å²) in [6.07, 6.45) is 3.87. The lowest BCUT2D eigenvalue weighted by atomic mass is 10.1. The molecule has 0 saturated heterocycles. The Morgan fingerprint density at radius 3 is 2.56 bits per heavy atom. The lowest BCUT2D eigenvalue weighted by molar-refractivity contribution is -0.144. The van der Waals surface area contributed by atoms with Crippen molar-refractivity contribution in [2.75, 3.05) is 13.7 Å². The third-order valence-corrected chi connectivity index (χ3v) is 4.12. The Kier molecular flexibility index (Phi) is 7.62. The van der Waals surface area contributed by atoms with Crippen molar-refractivity contribution in [1.29, 1.82) is 0 Å². The quantitative estimate of drug-likeness (QED) is 0.571. The van der Waals surface area contributed by atoms with Gasteiger partial charge in [0.15, 0.2) is 6.61 Å². The largest absolute Gasteiger partial charge is 0.497 e. The van der Waals surface area contributed by atoms with Crippen molar-refractivity contribution in [3.8, 4) is 5.75 Å². The summed E-state index contributed by atoms with van der Waals surface area (Å²) in [5, 5.41) is 2.82. The number of nitrogens with one attached hydrogen (secondary N) is 1. The molecule has 0 radical (unpaired) electrons. The molecule has 2 aromatic rings. The van der Waals surface area contributed by atoms with Gasteiger partial charge in [-0.2, -0.15) is 0 Å². The minimum atomic E-state index is -0.576. The summed E-state index contributed by atoms with van der Waals surface area (Å²) in [5.74, 6) is -0.219. The average Bonchev–Trinajstić information content (AvgIpc) is 2.70. The number of rotatable bonds is 8. The molecule has 0 aliphatic rings. The van der Waals surface area contributed by atoms with Crippen LogP contribution in [0.2, 0.25) is 0 Å². The molecule has 1 N–H and O–H groups in total. The lowest BCUT2D eigenvalue weighted by Crippen LogP contribution is -2.30. The predicted molar refractivity (Wildman–Crippen MR) is 105 cm³/mol. The summed E-state index contributed by atoms with van der Waals surface area (Å²) in [6, 6.07) is 15.2. The van der Waals surface area contributed by atoms with E-state index in [4.69, 9.17) is 9.47 Å². The van der Waals surface area contributed by atoms with Gasteiger partial charge in [-0.1, -0.05) is 43.3 Å². The monoisotopic (exact) mass is 367 g/mol. The number of carbonyl (C=O) groups is 2. The first-order valence-corrected chi connectivity index (χ1v) is 8.89. The Bertz CT molecular complexity index is 796. The normalized spacial score (nSPS) is 11.8.